The first kappa shape index (κ1) is 35.2. The van der Waals surface area contributed by atoms with Crippen molar-refractivity contribution in [2.75, 3.05) is 39.0 Å². The summed E-state index contributed by atoms with van der Waals surface area (Å²) in [5.41, 5.74) is 5.61. The number of likely N-dealkylation sites (tertiary alicyclic amines) is 1. The van der Waals surface area contributed by atoms with E-state index < -0.39 is 30.3 Å². The molecule has 3 aliphatic heterocycles. The standard InChI is InChI=1S/C31H44F2N4O9/c1-6-43-28(39)25-12-9-20(15-36(25)30(40)46-31(2,3)4)34-24-11-10-21-23(22(24)16-38)17-42-13-7-8-19-14-26(45-29(32)33)35-37(27(19)21)44-18-41-5/h10-11,14,20,25,29,34-35,38H,6-9,12-13,15-18H2,1-5H3/t20-,25+/m1/s1. The van der Waals surface area contributed by atoms with Crippen LogP contribution in [0.25, 0.3) is 5.70 Å². The number of aliphatic hydroxyl groups is 1. The molecule has 0 aliphatic carbocycles. The van der Waals surface area contributed by atoms with E-state index in [9.17, 15) is 23.5 Å². The van der Waals surface area contributed by atoms with Crippen molar-refractivity contribution >= 4 is 23.4 Å². The molecule has 1 amide bonds. The van der Waals surface area contributed by atoms with E-state index in [1.54, 1.807) is 33.8 Å². The first-order chi connectivity index (χ1) is 21.9. The zero-order chi connectivity index (χ0) is 33.4. The number of carbonyl (C=O) groups is 2. The van der Waals surface area contributed by atoms with E-state index in [0.717, 1.165) is 0 Å². The van der Waals surface area contributed by atoms with E-state index in [2.05, 4.69) is 15.5 Å². The Bertz CT molecular complexity index is 1300. The number of alkyl halides is 2. The number of hydroxylamine groups is 1. The molecule has 2 atom stereocenters. The van der Waals surface area contributed by atoms with Gasteiger partial charge in [-0.15, -0.1) is 0 Å². The Labute approximate surface area is 267 Å². The normalized spacial score (nSPS) is 20.4. The van der Waals surface area contributed by atoms with E-state index in [1.807, 2.05) is 6.07 Å². The number of rotatable bonds is 10. The lowest BCUT2D eigenvalue weighted by Gasteiger charge is -2.39. The monoisotopic (exact) mass is 654 g/mol. The molecule has 3 aliphatic rings. The lowest BCUT2D eigenvalue weighted by Crippen LogP contribution is -2.55. The second-order valence-corrected chi connectivity index (χ2v) is 12.0. The SMILES string of the molecule is CCOC(=O)[C@@H]1CC[C@@H](Nc2ccc3c(c2CO)COCCCC2=C3N(OCOC)NC(OC(F)F)=C2)CN1C(=O)OC(C)(C)C. The van der Waals surface area contributed by atoms with Gasteiger partial charge in [0.2, 0.25) is 5.88 Å². The summed E-state index contributed by atoms with van der Waals surface area (Å²) in [6.07, 6.45) is 2.83. The number of esters is 1. The van der Waals surface area contributed by atoms with Crippen molar-refractivity contribution in [2.24, 2.45) is 0 Å². The molecule has 1 aromatic rings. The quantitative estimate of drug-likeness (QED) is 0.244. The molecule has 46 heavy (non-hydrogen) atoms. The van der Waals surface area contributed by atoms with Gasteiger partial charge in [-0.3, -0.25) is 4.90 Å². The Morgan fingerprint density at radius 1 is 1.24 bits per heavy atom. The molecule has 3 heterocycles. The van der Waals surface area contributed by atoms with Gasteiger partial charge in [0.15, 0.2) is 6.79 Å². The maximum Gasteiger partial charge on any atom is 0.411 e. The number of halogens is 2. The zero-order valence-corrected chi connectivity index (χ0v) is 26.9. The van der Waals surface area contributed by atoms with Crippen LogP contribution in [0.4, 0.5) is 19.3 Å². The highest BCUT2D eigenvalue weighted by atomic mass is 19.3. The fraction of sp³-hybridized carbons (Fsp3) is 0.613. The average Bonchev–Trinajstić information content (AvgIpc) is 3.07. The van der Waals surface area contributed by atoms with Gasteiger partial charge in [0.25, 0.3) is 0 Å². The molecule has 256 valence electrons. The lowest BCUT2D eigenvalue weighted by atomic mass is 9.93. The van der Waals surface area contributed by atoms with Crippen LogP contribution in [-0.4, -0.2) is 85.2 Å². The van der Waals surface area contributed by atoms with E-state index in [4.69, 9.17) is 23.8 Å². The summed E-state index contributed by atoms with van der Waals surface area (Å²) >= 11 is 0. The van der Waals surface area contributed by atoms with Crippen molar-refractivity contribution in [3.05, 3.63) is 46.4 Å². The van der Waals surface area contributed by atoms with E-state index >= 15 is 0 Å². The number of methoxy groups -OCH3 is 1. The van der Waals surface area contributed by atoms with Crippen LogP contribution in [0.5, 0.6) is 0 Å². The Kier molecular flexibility index (Phi) is 12.1. The second kappa shape index (κ2) is 15.8. The van der Waals surface area contributed by atoms with E-state index in [1.165, 1.54) is 23.3 Å². The number of piperidine rings is 1. The highest BCUT2D eigenvalue weighted by molar-refractivity contribution is 5.82. The van der Waals surface area contributed by atoms with Gasteiger partial charge in [-0.05, 0) is 70.6 Å². The molecule has 0 radical (unpaired) electrons. The van der Waals surface area contributed by atoms with Gasteiger partial charge in [-0.1, -0.05) is 6.07 Å². The van der Waals surface area contributed by atoms with Crippen LogP contribution in [0, 0.1) is 0 Å². The summed E-state index contributed by atoms with van der Waals surface area (Å²) in [4.78, 5) is 33.1. The number of carbonyl (C=O) groups excluding carboxylic acids is 2. The number of ether oxygens (including phenoxy) is 5. The number of amides is 1. The number of anilines is 1. The number of nitrogens with zero attached hydrogens (tertiary/aromatic N) is 2. The fourth-order valence-electron chi connectivity index (χ4n) is 5.63. The van der Waals surface area contributed by atoms with Crippen molar-refractivity contribution < 1.29 is 52.0 Å². The minimum atomic E-state index is -3.05. The minimum absolute atomic E-state index is 0.152. The number of nitrogens with one attached hydrogen (secondary N) is 2. The van der Waals surface area contributed by atoms with Gasteiger partial charge in [-0.2, -0.15) is 14.0 Å². The highest BCUT2D eigenvalue weighted by Crippen LogP contribution is 2.38. The second-order valence-electron chi connectivity index (χ2n) is 12.0. The summed E-state index contributed by atoms with van der Waals surface area (Å²) in [6.45, 7) is 4.27. The topological polar surface area (TPSA) is 140 Å². The molecule has 15 heteroatoms. The highest BCUT2D eigenvalue weighted by Gasteiger charge is 2.39. The molecule has 0 aromatic heterocycles. The molecule has 1 fully saturated rings. The smallest absolute Gasteiger partial charge is 0.411 e. The maximum atomic E-state index is 13.2. The van der Waals surface area contributed by atoms with Crippen LogP contribution >= 0.6 is 0 Å². The summed E-state index contributed by atoms with van der Waals surface area (Å²) in [5, 5.41) is 15.4. The third-order valence-corrected chi connectivity index (χ3v) is 7.49. The number of hydrogen-bond donors (Lipinski definition) is 3. The zero-order valence-electron chi connectivity index (χ0n) is 26.9. The molecule has 0 saturated carbocycles. The van der Waals surface area contributed by atoms with Crippen molar-refractivity contribution in [3.8, 4) is 0 Å². The third-order valence-electron chi connectivity index (χ3n) is 7.49. The van der Waals surface area contributed by atoms with Crippen LogP contribution in [0.1, 0.15) is 70.1 Å². The predicted octanol–water partition coefficient (Wildman–Crippen LogP) is 4.38. The third kappa shape index (κ3) is 8.78. The van der Waals surface area contributed by atoms with Gasteiger partial charge in [0, 0.05) is 49.2 Å². The maximum absolute atomic E-state index is 13.2. The van der Waals surface area contributed by atoms with Gasteiger partial charge in [-0.25, -0.2) is 19.9 Å². The molecular weight excluding hydrogens is 610 g/mol. The van der Waals surface area contributed by atoms with Crippen molar-refractivity contribution in [3.63, 3.8) is 0 Å². The summed E-state index contributed by atoms with van der Waals surface area (Å²) in [6, 6.07) is 2.55. The minimum Gasteiger partial charge on any atom is -0.464 e. The molecule has 4 rings (SSSR count). The number of hydrogen-bond acceptors (Lipinski definition) is 12. The first-order valence-electron chi connectivity index (χ1n) is 15.3. The first-order valence-corrected chi connectivity index (χ1v) is 15.3. The van der Waals surface area contributed by atoms with Gasteiger partial charge in [0.1, 0.15) is 11.6 Å². The predicted molar refractivity (Wildman–Crippen MR) is 161 cm³/mol. The lowest BCUT2D eigenvalue weighted by molar-refractivity contribution is -0.217. The van der Waals surface area contributed by atoms with Crippen LogP contribution in [0.3, 0.4) is 0 Å². The summed E-state index contributed by atoms with van der Waals surface area (Å²) in [5.74, 6) is -0.682. The molecular formula is C31H44F2N4O9. The largest absolute Gasteiger partial charge is 0.464 e. The van der Waals surface area contributed by atoms with Crippen LogP contribution < -0.4 is 10.7 Å². The van der Waals surface area contributed by atoms with Crippen molar-refractivity contribution in [1.82, 2.24) is 15.5 Å². The molecule has 3 N–H and O–H groups in total. The van der Waals surface area contributed by atoms with Gasteiger partial charge in [0.05, 0.1) is 25.5 Å². The van der Waals surface area contributed by atoms with Crippen LogP contribution in [0.2, 0.25) is 0 Å². The summed E-state index contributed by atoms with van der Waals surface area (Å²) < 4.78 is 52.8. The molecule has 0 spiro atoms. The molecule has 1 saturated heterocycles. The molecule has 0 bridgehead atoms. The van der Waals surface area contributed by atoms with E-state index in [-0.39, 0.29) is 45.1 Å². The number of aliphatic hydroxyl groups excluding tert-OH is 1. The Morgan fingerprint density at radius 2 is 2.02 bits per heavy atom. The molecule has 0 unspecified atom stereocenters. The number of fused-ring (bicyclic) bond motifs is 2. The van der Waals surface area contributed by atoms with Crippen LogP contribution in [-0.2, 0) is 46.5 Å². The molecule has 13 nitrogen and oxygen atoms in total. The summed E-state index contributed by atoms with van der Waals surface area (Å²) in [7, 11) is 1.43. The van der Waals surface area contributed by atoms with Crippen LogP contribution in [0.15, 0.2) is 29.7 Å². The van der Waals surface area contributed by atoms with Crippen molar-refractivity contribution in [1.29, 1.82) is 0 Å². The fourth-order valence-corrected chi connectivity index (χ4v) is 5.63. The van der Waals surface area contributed by atoms with Crippen molar-refractivity contribution in [2.45, 2.75) is 90.9 Å². The number of hydrazine groups is 1. The Balaban J connectivity index is 1.69. The Morgan fingerprint density at radius 3 is 2.70 bits per heavy atom. The van der Waals surface area contributed by atoms with E-state index in [0.29, 0.717) is 65.9 Å². The number of allylic oxidation sites excluding steroid dienone is 2. The average molecular weight is 655 g/mol. The van der Waals surface area contributed by atoms with Gasteiger partial charge >= 0.3 is 18.7 Å². The molecule has 1 aromatic carbocycles. The Hall–Kier alpha value is -3.66. The van der Waals surface area contributed by atoms with Gasteiger partial charge < -0.3 is 34.1 Å². The number of benzene rings is 1.